The highest BCUT2D eigenvalue weighted by Gasteiger charge is 2.33. The lowest BCUT2D eigenvalue weighted by atomic mass is 9.95. The van der Waals surface area contributed by atoms with Gasteiger partial charge in [-0.2, -0.15) is 0 Å². The van der Waals surface area contributed by atoms with Crippen LogP contribution in [0.1, 0.15) is 20.3 Å². The summed E-state index contributed by atoms with van der Waals surface area (Å²) < 4.78 is 31.3. The molecule has 0 heterocycles. The number of carboxylic acids is 1. The molecule has 0 fully saturated rings. The van der Waals surface area contributed by atoms with Crippen LogP contribution in [-0.2, 0) is 4.79 Å². The second-order valence-electron chi connectivity index (χ2n) is 4.63. The topological polar surface area (TPSA) is 58.6 Å². The van der Waals surface area contributed by atoms with E-state index in [9.17, 15) is 13.6 Å². The van der Waals surface area contributed by atoms with Crippen molar-refractivity contribution in [1.82, 2.24) is 5.32 Å². The first kappa shape index (κ1) is 15.4. The summed E-state index contributed by atoms with van der Waals surface area (Å²) in [5.41, 5.74) is -1.16. The fourth-order valence-corrected chi connectivity index (χ4v) is 1.74. The predicted octanol–water partition coefficient (Wildman–Crippen LogP) is 2.18. The number of halogens is 2. The molecule has 0 radical (unpaired) electrons. The van der Waals surface area contributed by atoms with Crippen LogP contribution in [0.5, 0.6) is 5.75 Å². The number of ether oxygens (including phenoxy) is 1. The predicted molar refractivity (Wildman–Crippen MR) is 66.2 cm³/mol. The molecule has 0 aliphatic carbocycles. The van der Waals surface area contributed by atoms with Crippen LogP contribution in [0.3, 0.4) is 0 Å². The van der Waals surface area contributed by atoms with Gasteiger partial charge in [0.2, 0.25) is 0 Å². The van der Waals surface area contributed by atoms with Crippen LogP contribution in [0.2, 0.25) is 0 Å². The summed E-state index contributed by atoms with van der Waals surface area (Å²) >= 11 is 0. The van der Waals surface area contributed by atoms with E-state index < -0.39 is 29.2 Å². The van der Waals surface area contributed by atoms with Crippen molar-refractivity contribution in [2.75, 3.05) is 7.05 Å². The van der Waals surface area contributed by atoms with Gasteiger partial charge < -0.3 is 15.2 Å². The minimum Gasteiger partial charge on any atom is -0.490 e. The van der Waals surface area contributed by atoms with Gasteiger partial charge >= 0.3 is 5.97 Å². The Morgan fingerprint density at radius 2 is 1.95 bits per heavy atom. The molecule has 106 valence electrons. The number of carboxylic acid groups (broad SMARTS) is 1. The maximum atomic E-state index is 13.0. The first-order chi connectivity index (χ1) is 8.76. The van der Waals surface area contributed by atoms with Gasteiger partial charge in [0.15, 0.2) is 0 Å². The highest BCUT2D eigenvalue weighted by Crippen LogP contribution is 2.20. The number of nitrogens with one attached hydrogen (secondary N) is 1. The van der Waals surface area contributed by atoms with E-state index >= 15 is 0 Å². The Morgan fingerprint density at radius 1 is 1.42 bits per heavy atom. The molecule has 1 aromatic carbocycles. The van der Waals surface area contributed by atoms with Gasteiger partial charge in [0.25, 0.3) is 0 Å². The zero-order chi connectivity index (χ0) is 14.6. The van der Waals surface area contributed by atoms with Crippen molar-refractivity contribution in [3.05, 3.63) is 29.8 Å². The third kappa shape index (κ3) is 4.17. The van der Waals surface area contributed by atoms with Crippen LogP contribution in [0, 0.1) is 11.6 Å². The Labute approximate surface area is 110 Å². The van der Waals surface area contributed by atoms with Crippen molar-refractivity contribution < 1.29 is 23.4 Å². The van der Waals surface area contributed by atoms with Crippen molar-refractivity contribution in [3.63, 3.8) is 0 Å². The van der Waals surface area contributed by atoms with E-state index in [0.29, 0.717) is 0 Å². The zero-order valence-electron chi connectivity index (χ0n) is 11.0. The number of aliphatic carboxylic acids is 1. The summed E-state index contributed by atoms with van der Waals surface area (Å²) in [5.74, 6) is -2.46. The van der Waals surface area contributed by atoms with E-state index in [1.807, 2.05) is 0 Å². The molecule has 19 heavy (non-hydrogen) atoms. The summed E-state index contributed by atoms with van der Waals surface area (Å²) in [6, 6.07) is 2.85. The van der Waals surface area contributed by atoms with Gasteiger partial charge in [-0.3, -0.25) is 4.79 Å². The first-order valence-corrected chi connectivity index (χ1v) is 5.82. The molecule has 2 N–H and O–H groups in total. The van der Waals surface area contributed by atoms with Crippen LogP contribution < -0.4 is 10.1 Å². The Balaban J connectivity index is 2.74. The molecule has 0 spiro atoms. The van der Waals surface area contributed by atoms with Crippen molar-refractivity contribution in [3.8, 4) is 5.75 Å². The van der Waals surface area contributed by atoms with Gasteiger partial charge in [-0.05, 0) is 20.9 Å². The lowest BCUT2D eigenvalue weighted by Gasteiger charge is -2.27. The van der Waals surface area contributed by atoms with Crippen molar-refractivity contribution in [2.45, 2.75) is 31.9 Å². The van der Waals surface area contributed by atoms with E-state index in [-0.39, 0.29) is 12.2 Å². The molecule has 1 rings (SSSR count). The summed E-state index contributed by atoms with van der Waals surface area (Å²) in [6.07, 6.45) is -0.369. The largest absolute Gasteiger partial charge is 0.490 e. The van der Waals surface area contributed by atoms with Crippen molar-refractivity contribution in [1.29, 1.82) is 0 Å². The molecular weight excluding hydrogens is 256 g/mol. The molecule has 2 atom stereocenters. The fraction of sp³-hybridized carbons (Fsp3) is 0.462. The molecule has 0 amide bonds. The standard InChI is InChI=1S/C13H17F2NO3/c1-8(7-13(2,16-3)12(17)18)19-11-5-9(14)4-10(15)6-11/h4-6,8,16H,7H2,1-3H3,(H,17,18). The van der Waals surface area contributed by atoms with Crippen LogP contribution in [-0.4, -0.2) is 29.8 Å². The Kier molecular flexibility index (Phi) is 4.83. The minimum atomic E-state index is -1.16. The molecule has 0 saturated heterocycles. The van der Waals surface area contributed by atoms with Gasteiger partial charge in [0.1, 0.15) is 22.9 Å². The average Bonchev–Trinajstić information content (AvgIpc) is 2.26. The maximum Gasteiger partial charge on any atom is 0.323 e. The zero-order valence-corrected chi connectivity index (χ0v) is 11.0. The van der Waals surface area contributed by atoms with Crippen LogP contribution in [0.25, 0.3) is 0 Å². The highest BCUT2D eigenvalue weighted by atomic mass is 19.1. The maximum absolute atomic E-state index is 13.0. The average molecular weight is 273 g/mol. The molecule has 2 unspecified atom stereocenters. The molecule has 4 nitrogen and oxygen atoms in total. The Morgan fingerprint density at radius 3 is 2.37 bits per heavy atom. The number of hydrogen-bond acceptors (Lipinski definition) is 3. The lowest BCUT2D eigenvalue weighted by molar-refractivity contribution is -0.145. The van der Waals surface area contributed by atoms with Crippen LogP contribution in [0.4, 0.5) is 8.78 Å². The minimum absolute atomic E-state index is 0.0360. The summed E-state index contributed by atoms with van der Waals surface area (Å²) in [4.78, 5) is 11.1. The number of likely N-dealkylation sites (N-methyl/N-ethyl adjacent to an activating group) is 1. The fourth-order valence-electron chi connectivity index (χ4n) is 1.74. The Hall–Kier alpha value is -1.69. The van der Waals surface area contributed by atoms with Crippen molar-refractivity contribution in [2.24, 2.45) is 0 Å². The SMILES string of the molecule is CNC(C)(CC(C)Oc1cc(F)cc(F)c1)C(=O)O. The third-order valence-electron chi connectivity index (χ3n) is 2.89. The van der Waals surface area contributed by atoms with E-state index in [2.05, 4.69) is 5.32 Å². The van der Waals surface area contributed by atoms with Crippen LogP contribution >= 0.6 is 0 Å². The highest BCUT2D eigenvalue weighted by molar-refractivity contribution is 5.78. The third-order valence-corrected chi connectivity index (χ3v) is 2.89. The number of rotatable bonds is 6. The molecule has 0 aliphatic heterocycles. The van der Waals surface area contributed by atoms with Gasteiger partial charge in [0.05, 0.1) is 6.10 Å². The van der Waals surface area contributed by atoms with Gasteiger partial charge in [-0.15, -0.1) is 0 Å². The lowest BCUT2D eigenvalue weighted by Crippen LogP contribution is -2.50. The molecule has 6 heteroatoms. The van der Waals surface area contributed by atoms with Gasteiger partial charge in [0, 0.05) is 24.6 Å². The van der Waals surface area contributed by atoms with Gasteiger partial charge in [-0.1, -0.05) is 0 Å². The van der Waals surface area contributed by atoms with E-state index in [1.165, 1.54) is 14.0 Å². The number of hydrogen-bond donors (Lipinski definition) is 2. The van der Waals surface area contributed by atoms with Crippen LogP contribution in [0.15, 0.2) is 18.2 Å². The second-order valence-corrected chi connectivity index (χ2v) is 4.63. The molecule has 0 saturated carbocycles. The van der Waals surface area contributed by atoms with Gasteiger partial charge in [-0.25, -0.2) is 8.78 Å². The van der Waals surface area contributed by atoms with E-state index in [4.69, 9.17) is 9.84 Å². The quantitative estimate of drug-likeness (QED) is 0.834. The molecule has 0 bridgehead atoms. The van der Waals surface area contributed by atoms with E-state index in [1.54, 1.807) is 6.92 Å². The first-order valence-electron chi connectivity index (χ1n) is 5.82. The summed E-state index contributed by atoms with van der Waals surface area (Å²) in [5, 5.41) is 11.8. The number of benzene rings is 1. The summed E-state index contributed by atoms with van der Waals surface area (Å²) in [6.45, 7) is 3.16. The molecule has 0 aliphatic rings. The Bertz CT molecular complexity index is 447. The van der Waals surface area contributed by atoms with E-state index in [0.717, 1.165) is 18.2 Å². The smallest absolute Gasteiger partial charge is 0.323 e. The van der Waals surface area contributed by atoms with Crippen molar-refractivity contribution >= 4 is 5.97 Å². The number of carbonyl (C=O) groups is 1. The molecular formula is C13H17F2NO3. The normalized spacial score (nSPS) is 15.6. The second kappa shape index (κ2) is 5.97. The summed E-state index contributed by atoms with van der Waals surface area (Å²) in [7, 11) is 1.53. The molecule has 0 aromatic heterocycles. The monoisotopic (exact) mass is 273 g/mol. The molecule has 1 aromatic rings.